The van der Waals surface area contributed by atoms with Gasteiger partial charge in [-0.05, 0) is 17.5 Å². The molecule has 1 unspecified atom stereocenters. The molecule has 0 fully saturated rings. The van der Waals surface area contributed by atoms with E-state index in [1.54, 1.807) is 11.4 Å². The van der Waals surface area contributed by atoms with Crippen molar-refractivity contribution in [3.05, 3.63) is 51.7 Å². The van der Waals surface area contributed by atoms with E-state index in [1.807, 2.05) is 0 Å². The Morgan fingerprint density at radius 3 is 2.78 bits per heavy atom. The number of hydrogen-bond donors (Lipinski definition) is 2. The highest BCUT2D eigenvalue weighted by Gasteiger charge is 2.40. The third kappa shape index (κ3) is 2.85. The summed E-state index contributed by atoms with van der Waals surface area (Å²) in [6.45, 7) is -0.251. The van der Waals surface area contributed by atoms with Crippen molar-refractivity contribution in [1.29, 1.82) is 0 Å². The first-order valence-electron chi connectivity index (χ1n) is 6.61. The van der Waals surface area contributed by atoms with Crippen LogP contribution in [-0.2, 0) is 16.1 Å². The summed E-state index contributed by atoms with van der Waals surface area (Å²) < 4.78 is 26.3. The average Bonchev–Trinajstić information content (AvgIpc) is 2.94. The number of fused-ring (bicyclic) bond motifs is 1. The van der Waals surface area contributed by atoms with E-state index in [1.165, 1.54) is 6.07 Å². The normalized spacial score (nSPS) is 16.7. The molecule has 0 saturated carbocycles. The predicted molar refractivity (Wildman–Crippen MR) is 79.0 cm³/mol. The van der Waals surface area contributed by atoms with Crippen molar-refractivity contribution >= 4 is 34.6 Å². The highest BCUT2D eigenvalue weighted by molar-refractivity contribution is 7.13. The zero-order chi connectivity index (χ0) is 16.6. The van der Waals surface area contributed by atoms with Crippen molar-refractivity contribution in [2.45, 2.75) is 6.54 Å². The van der Waals surface area contributed by atoms with Crippen molar-refractivity contribution in [3.63, 3.8) is 0 Å². The van der Waals surface area contributed by atoms with E-state index in [9.17, 15) is 23.2 Å². The van der Waals surface area contributed by atoms with Gasteiger partial charge in [0.2, 0.25) is 11.8 Å². The van der Waals surface area contributed by atoms with E-state index in [0.717, 1.165) is 17.4 Å². The number of ketones is 1. The minimum atomic E-state index is -1.51. The monoisotopic (exact) mass is 336 g/mol. The highest BCUT2D eigenvalue weighted by atomic mass is 32.1. The number of carbonyl (C=O) groups is 3. The number of benzene rings is 1. The molecule has 118 valence electrons. The van der Waals surface area contributed by atoms with Gasteiger partial charge in [-0.25, -0.2) is 8.78 Å². The molecule has 2 heterocycles. The number of hydrogen-bond acceptors (Lipinski definition) is 4. The van der Waals surface area contributed by atoms with Crippen LogP contribution in [0.1, 0.15) is 15.2 Å². The van der Waals surface area contributed by atoms with Crippen LogP contribution in [0.3, 0.4) is 0 Å². The Kier molecular flexibility index (Phi) is 3.91. The molecule has 23 heavy (non-hydrogen) atoms. The van der Waals surface area contributed by atoms with Gasteiger partial charge in [0.05, 0.1) is 10.6 Å². The Hall–Kier alpha value is -2.61. The molecule has 1 atom stereocenters. The van der Waals surface area contributed by atoms with Gasteiger partial charge in [-0.3, -0.25) is 14.4 Å². The van der Waals surface area contributed by atoms with Gasteiger partial charge in [-0.2, -0.15) is 0 Å². The van der Waals surface area contributed by atoms with Gasteiger partial charge in [-0.15, -0.1) is 11.3 Å². The van der Waals surface area contributed by atoms with Crippen molar-refractivity contribution in [3.8, 4) is 0 Å². The highest BCUT2D eigenvalue weighted by Crippen LogP contribution is 2.30. The summed E-state index contributed by atoms with van der Waals surface area (Å²) in [5.74, 6) is -5.19. The van der Waals surface area contributed by atoms with Crippen LogP contribution in [0.25, 0.3) is 0 Å². The second-order valence-corrected chi connectivity index (χ2v) is 5.82. The lowest BCUT2D eigenvalue weighted by Gasteiger charge is -2.20. The van der Waals surface area contributed by atoms with Crippen molar-refractivity contribution in [2.24, 2.45) is 5.92 Å². The minimum absolute atomic E-state index is 0.0558. The first-order valence-corrected chi connectivity index (χ1v) is 7.49. The fourth-order valence-corrected chi connectivity index (χ4v) is 3.06. The lowest BCUT2D eigenvalue weighted by Crippen LogP contribution is -2.45. The number of nitrogens with one attached hydrogen (secondary N) is 2. The molecule has 2 N–H and O–H groups in total. The third-order valence-electron chi connectivity index (χ3n) is 3.40. The molecule has 1 aliphatic heterocycles. The Morgan fingerprint density at radius 2 is 2.04 bits per heavy atom. The fourth-order valence-electron chi connectivity index (χ4n) is 2.24. The Morgan fingerprint density at radius 1 is 1.26 bits per heavy atom. The first-order chi connectivity index (χ1) is 11.0. The van der Waals surface area contributed by atoms with Crippen LogP contribution in [0.2, 0.25) is 0 Å². The molecule has 0 aliphatic carbocycles. The Labute approximate surface area is 133 Å². The lowest BCUT2D eigenvalue weighted by atomic mass is 9.96. The SMILES string of the molecule is O=C(NCc1ccc(F)cc1F)C1C(=O)Nc2ccsc2C1=O. The second kappa shape index (κ2) is 5.88. The van der Waals surface area contributed by atoms with Crippen LogP contribution in [0.15, 0.2) is 29.6 Å². The number of carbonyl (C=O) groups excluding carboxylic acids is 3. The van der Waals surface area contributed by atoms with Crippen molar-refractivity contribution < 1.29 is 23.2 Å². The standard InChI is InChI=1S/C15H10F2N2O3S/c16-8-2-1-7(9(17)5-8)6-18-14(21)11-12(20)13-10(3-4-23-13)19-15(11)22/h1-5,11H,6H2,(H,18,21)(H,19,22). The van der Waals surface area contributed by atoms with Crippen LogP contribution in [0, 0.1) is 17.6 Å². The molecule has 3 rings (SSSR count). The largest absolute Gasteiger partial charge is 0.351 e. The number of anilines is 1. The lowest BCUT2D eigenvalue weighted by molar-refractivity contribution is -0.130. The van der Waals surface area contributed by atoms with Crippen LogP contribution >= 0.6 is 11.3 Å². The van der Waals surface area contributed by atoms with Gasteiger partial charge in [0.25, 0.3) is 0 Å². The molecule has 1 aromatic carbocycles. The molecule has 0 saturated heterocycles. The van der Waals surface area contributed by atoms with Crippen LogP contribution in [0.4, 0.5) is 14.5 Å². The van der Waals surface area contributed by atoms with E-state index >= 15 is 0 Å². The number of thiophene rings is 1. The van der Waals surface area contributed by atoms with E-state index in [0.29, 0.717) is 16.6 Å². The smallest absolute Gasteiger partial charge is 0.245 e. The molecule has 0 bridgehead atoms. The number of Topliss-reactive ketones (excluding diaryl/α,β-unsaturated/α-hetero) is 1. The molecule has 0 radical (unpaired) electrons. The Balaban J connectivity index is 1.73. The average molecular weight is 336 g/mol. The van der Waals surface area contributed by atoms with Crippen molar-refractivity contribution in [2.75, 3.05) is 5.32 Å². The summed E-state index contributed by atoms with van der Waals surface area (Å²) in [5, 5.41) is 6.45. The van der Waals surface area contributed by atoms with Gasteiger partial charge < -0.3 is 10.6 Å². The zero-order valence-electron chi connectivity index (χ0n) is 11.6. The predicted octanol–water partition coefficient (Wildman–Crippen LogP) is 2.09. The van der Waals surface area contributed by atoms with E-state index in [2.05, 4.69) is 10.6 Å². The molecule has 0 spiro atoms. The maximum atomic E-state index is 13.5. The quantitative estimate of drug-likeness (QED) is 0.843. The summed E-state index contributed by atoms with van der Waals surface area (Å²) in [6.07, 6.45) is 0. The number of halogens is 2. The molecule has 2 amide bonds. The van der Waals surface area contributed by atoms with Crippen LogP contribution < -0.4 is 10.6 Å². The van der Waals surface area contributed by atoms with Crippen molar-refractivity contribution in [1.82, 2.24) is 5.32 Å². The van der Waals surface area contributed by atoms with Crippen LogP contribution in [0.5, 0.6) is 0 Å². The molecular weight excluding hydrogens is 326 g/mol. The summed E-state index contributed by atoms with van der Waals surface area (Å²) >= 11 is 1.13. The van der Waals surface area contributed by atoms with Gasteiger partial charge in [0, 0.05) is 18.2 Å². The molecule has 1 aromatic heterocycles. The zero-order valence-corrected chi connectivity index (χ0v) is 12.4. The summed E-state index contributed by atoms with van der Waals surface area (Å²) in [5.41, 5.74) is 0.443. The maximum absolute atomic E-state index is 13.5. The first kappa shape index (κ1) is 15.3. The summed E-state index contributed by atoms with van der Waals surface area (Å²) in [4.78, 5) is 36.6. The van der Waals surface area contributed by atoms with Gasteiger partial charge in [0.1, 0.15) is 11.6 Å². The van der Waals surface area contributed by atoms with E-state index in [4.69, 9.17) is 0 Å². The van der Waals surface area contributed by atoms with Gasteiger partial charge in [0.15, 0.2) is 11.7 Å². The maximum Gasteiger partial charge on any atom is 0.245 e. The van der Waals surface area contributed by atoms with E-state index in [-0.39, 0.29) is 12.1 Å². The van der Waals surface area contributed by atoms with Crippen LogP contribution in [-0.4, -0.2) is 17.6 Å². The number of rotatable bonds is 3. The number of amides is 2. The second-order valence-electron chi connectivity index (χ2n) is 4.90. The van der Waals surface area contributed by atoms with E-state index < -0.39 is 35.1 Å². The summed E-state index contributed by atoms with van der Waals surface area (Å²) in [7, 11) is 0. The summed E-state index contributed by atoms with van der Waals surface area (Å²) in [6, 6.07) is 4.52. The van der Waals surface area contributed by atoms with Gasteiger partial charge in [-0.1, -0.05) is 6.07 Å². The fraction of sp³-hybridized carbons (Fsp3) is 0.133. The van der Waals surface area contributed by atoms with Gasteiger partial charge >= 0.3 is 0 Å². The minimum Gasteiger partial charge on any atom is -0.351 e. The molecule has 5 nitrogen and oxygen atoms in total. The molecule has 2 aromatic rings. The third-order valence-corrected chi connectivity index (χ3v) is 4.33. The topological polar surface area (TPSA) is 75.3 Å². The molecule has 1 aliphatic rings. The Bertz CT molecular complexity index is 819. The molecular formula is C15H10F2N2O3S. The molecule has 8 heteroatoms.